The van der Waals surface area contributed by atoms with Gasteiger partial charge in [0, 0.05) is 25.8 Å². The van der Waals surface area contributed by atoms with Crippen LogP contribution in [0.3, 0.4) is 0 Å². The third-order valence-corrected chi connectivity index (χ3v) is 4.30. The molecule has 6 nitrogen and oxygen atoms in total. The number of nitro benzene ring substituents is 1. The Kier molecular flexibility index (Phi) is 4.72. The summed E-state index contributed by atoms with van der Waals surface area (Å²) < 4.78 is 0.209. The highest BCUT2D eigenvalue weighted by molar-refractivity contribution is 9.10. The Morgan fingerprint density at radius 2 is 2.30 bits per heavy atom. The Hall–Kier alpha value is -1.47. The summed E-state index contributed by atoms with van der Waals surface area (Å²) in [6.07, 6.45) is 1.74. The number of hydrogen-bond donors (Lipinski definition) is 1. The van der Waals surface area contributed by atoms with Gasteiger partial charge in [-0.05, 0) is 40.8 Å². The molecule has 1 heterocycles. The number of piperidine rings is 1. The smallest absolute Gasteiger partial charge is 0.284 e. The van der Waals surface area contributed by atoms with Crippen molar-refractivity contribution in [3.63, 3.8) is 0 Å². The monoisotopic (exact) mass is 342 g/mol. The molecule has 2 rings (SSSR count). The number of likely N-dealkylation sites (tertiary alicyclic amines) is 1. The molecule has 1 fully saturated rings. The van der Waals surface area contributed by atoms with Gasteiger partial charge in [0.05, 0.1) is 10.5 Å². The number of aliphatic hydroxyl groups is 1. The molecular formula is C13H15BrN2O4. The molecule has 1 aromatic rings. The van der Waals surface area contributed by atoms with Crippen molar-refractivity contribution in [2.75, 3.05) is 19.7 Å². The number of carbonyl (C=O) groups is 1. The Labute approximate surface area is 124 Å². The quantitative estimate of drug-likeness (QED) is 0.674. The molecule has 1 unspecified atom stereocenters. The Morgan fingerprint density at radius 3 is 2.95 bits per heavy atom. The molecule has 1 N–H and O–H groups in total. The van der Waals surface area contributed by atoms with Crippen LogP contribution < -0.4 is 0 Å². The summed E-state index contributed by atoms with van der Waals surface area (Å²) in [5, 5.41) is 20.1. The van der Waals surface area contributed by atoms with Gasteiger partial charge in [-0.2, -0.15) is 0 Å². The number of amides is 1. The largest absolute Gasteiger partial charge is 0.396 e. The fraction of sp³-hybridized carbons (Fsp3) is 0.462. The van der Waals surface area contributed by atoms with E-state index < -0.39 is 4.92 Å². The molecule has 0 saturated carbocycles. The number of hydrogen-bond acceptors (Lipinski definition) is 4. The SMILES string of the molecule is O=C(c1cccc([N+](=O)[O-])c1Br)N1CCCC(CO)C1. The van der Waals surface area contributed by atoms with Crippen LogP contribution in [0.25, 0.3) is 0 Å². The second-order valence-corrected chi connectivity index (χ2v) is 5.63. The maximum Gasteiger partial charge on any atom is 0.284 e. The van der Waals surface area contributed by atoms with E-state index in [0.717, 1.165) is 12.8 Å². The van der Waals surface area contributed by atoms with Gasteiger partial charge in [0.2, 0.25) is 0 Å². The Balaban J connectivity index is 2.25. The average Bonchev–Trinajstić information content (AvgIpc) is 2.46. The van der Waals surface area contributed by atoms with Gasteiger partial charge in [0.15, 0.2) is 0 Å². The molecule has 1 aliphatic rings. The van der Waals surface area contributed by atoms with Crippen LogP contribution >= 0.6 is 15.9 Å². The Bertz CT molecular complexity index is 535. The fourth-order valence-electron chi connectivity index (χ4n) is 2.39. The first-order valence-corrected chi connectivity index (χ1v) is 7.17. The second-order valence-electron chi connectivity index (χ2n) is 4.84. The van der Waals surface area contributed by atoms with Gasteiger partial charge in [0.1, 0.15) is 4.47 Å². The van der Waals surface area contributed by atoms with E-state index in [-0.39, 0.29) is 34.2 Å². The van der Waals surface area contributed by atoms with Crippen molar-refractivity contribution >= 4 is 27.5 Å². The summed E-state index contributed by atoms with van der Waals surface area (Å²) in [5.74, 6) is -0.149. The van der Waals surface area contributed by atoms with Gasteiger partial charge in [-0.1, -0.05) is 6.07 Å². The summed E-state index contributed by atoms with van der Waals surface area (Å²) in [4.78, 5) is 24.5. The number of benzene rings is 1. The molecule has 1 amide bonds. The summed E-state index contributed by atoms with van der Waals surface area (Å²) >= 11 is 3.14. The molecule has 0 bridgehead atoms. The molecular weight excluding hydrogens is 328 g/mol. The predicted molar refractivity (Wildman–Crippen MR) is 76.5 cm³/mol. The summed E-state index contributed by atoms with van der Waals surface area (Å²) in [6.45, 7) is 1.16. The molecule has 0 radical (unpaired) electrons. The van der Waals surface area contributed by atoms with Crippen molar-refractivity contribution in [3.8, 4) is 0 Å². The van der Waals surface area contributed by atoms with Crippen molar-refractivity contribution in [2.45, 2.75) is 12.8 Å². The second kappa shape index (κ2) is 6.32. The van der Waals surface area contributed by atoms with E-state index in [9.17, 15) is 20.0 Å². The van der Waals surface area contributed by atoms with E-state index in [0.29, 0.717) is 13.1 Å². The molecule has 108 valence electrons. The van der Waals surface area contributed by atoms with Gasteiger partial charge in [-0.25, -0.2) is 0 Å². The lowest BCUT2D eigenvalue weighted by Gasteiger charge is -2.32. The van der Waals surface area contributed by atoms with E-state index in [1.165, 1.54) is 12.1 Å². The van der Waals surface area contributed by atoms with E-state index in [4.69, 9.17) is 0 Å². The summed E-state index contributed by atoms with van der Waals surface area (Å²) in [6, 6.07) is 4.43. The van der Waals surface area contributed by atoms with Crippen LogP contribution in [0.2, 0.25) is 0 Å². The van der Waals surface area contributed by atoms with E-state index in [1.807, 2.05) is 0 Å². The maximum atomic E-state index is 12.4. The highest BCUT2D eigenvalue weighted by atomic mass is 79.9. The topological polar surface area (TPSA) is 83.7 Å². The number of rotatable bonds is 3. The number of nitro groups is 1. The lowest BCUT2D eigenvalue weighted by Crippen LogP contribution is -2.41. The molecule has 0 aliphatic carbocycles. The highest BCUT2D eigenvalue weighted by Gasteiger charge is 2.27. The molecule has 1 aromatic carbocycles. The lowest BCUT2D eigenvalue weighted by molar-refractivity contribution is -0.385. The number of nitrogens with zero attached hydrogens (tertiary/aromatic N) is 2. The first-order chi connectivity index (χ1) is 9.54. The van der Waals surface area contributed by atoms with Crippen LogP contribution in [-0.4, -0.2) is 40.5 Å². The van der Waals surface area contributed by atoms with Gasteiger partial charge in [-0.3, -0.25) is 14.9 Å². The number of aliphatic hydroxyl groups excluding tert-OH is 1. The van der Waals surface area contributed by atoms with Gasteiger partial charge in [0.25, 0.3) is 11.6 Å². The molecule has 1 atom stereocenters. The van der Waals surface area contributed by atoms with E-state index >= 15 is 0 Å². The summed E-state index contributed by atoms with van der Waals surface area (Å²) in [5.41, 5.74) is 0.171. The zero-order valence-corrected chi connectivity index (χ0v) is 12.4. The zero-order chi connectivity index (χ0) is 14.7. The average molecular weight is 343 g/mol. The highest BCUT2D eigenvalue weighted by Crippen LogP contribution is 2.30. The third kappa shape index (κ3) is 2.99. The van der Waals surface area contributed by atoms with E-state index in [2.05, 4.69) is 15.9 Å². The van der Waals surface area contributed by atoms with Gasteiger partial charge in [-0.15, -0.1) is 0 Å². The molecule has 1 saturated heterocycles. The van der Waals surface area contributed by atoms with Crippen LogP contribution in [0.5, 0.6) is 0 Å². The standard InChI is InChI=1S/C13H15BrN2O4/c14-12-10(4-1-5-11(12)16(19)20)13(18)15-6-2-3-9(7-15)8-17/h1,4-5,9,17H,2-3,6-8H2. The zero-order valence-electron chi connectivity index (χ0n) is 10.8. The fourth-order valence-corrected chi connectivity index (χ4v) is 2.97. The number of carbonyl (C=O) groups excluding carboxylic acids is 1. The third-order valence-electron chi connectivity index (χ3n) is 3.47. The van der Waals surface area contributed by atoms with Crippen LogP contribution in [0.15, 0.2) is 22.7 Å². The minimum absolute atomic E-state index is 0.0554. The van der Waals surface area contributed by atoms with Crippen LogP contribution in [0.4, 0.5) is 5.69 Å². The van der Waals surface area contributed by atoms with Crippen LogP contribution in [0, 0.1) is 16.0 Å². The lowest BCUT2D eigenvalue weighted by atomic mass is 9.98. The number of halogens is 1. The van der Waals surface area contributed by atoms with Gasteiger partial charge < -0.3 is 10.0 Å². The molecule has 20 heavy (non-hydrogen) atoms. The van der Waals surface area contributed by atoms with Crippen molar-refractivity contribution in [3.05, 3.63) is 38.3 Å². The van der Waals surface area contributed by atoms with Crippen LogP contribution in [0.1, 0.15) is 23.2 Å². The minimum atomic E-state index is -0.520. The van der Waals surface area contributed by atoms with Crippen LogP contribution in [-0.2, 0) is 0 Å². The van der Waals surface area contributed by atoms with Gasteiger partial charge >= 0.3 is 0 Å². The molecule has 7 heteroatoms. The first-order valence-electron chi connectivity index (χ1n) is 6.37. The molecule has 1 aliphatic heterocycles. The maximum absolute atomic E-state index is 12.4. The Morgan fingerprint density at radius 1 is 1.55 bits per heavy atom. The molecule has 0 aromatic heterocycles. The van der Waals surface area contributed by atoms with Crippen molar-refractivity contribution in [1.29, 1.82) is 0 Å². The molecule has 0 spiro atoms. The van der Waals surface area contributed by atoms with Crippen molar-refractivity contribution in [1.82, 2.24) is 4.90 Å². The van der Waals surface area contributed by atoms with Crippen molar-refractivity contribution < 1.29 is 14.8 Å². The normalized spacial score (nSPS) is 18.9. The minimum Gasteiger partial charge on any atom is -0.396 e. The van der Waals surface area contributed by atoms with E-state index in [1.54, 1.807) is 11.0 Å². The first kappa shape index (κ1) is 14.9. The summed E-state index contributed by atoms with van der Waals surface area (Å²) in [7, 11) is 0. The predicted octanol–water partition coefficient (Wildman–Crippen LogP) is 2.20. The van der Waals surface area contributed by atoms with Crippen molar-refractivity contribution in [2.24, 2.45) is 5.92 Å².